The van der Waals surface area contributed by atoms with Crippen molar-refractivity contribution in [1.29, 1.82) is 0 Å². The van der Waals surface area contributed by atoms with Gasteiger partial charge >= 0.3 is 6.03 Å². The molecule has 4 rings (SSSR count). The predicted octanol–water partition coefficient (Wildman–Crippen LogP) is 4.19. The summed E-state index contributed by atoms with van der Waals surface area (Å²) in [4.78, 5) is 21.5. The summed E-state index contributed by atoms with van der Waals surface area (Å²) >= 11 is 1.43. The molecule has 1 fully saturated rings. The fourth-order valence-corrected chi connectivity index (χ4v) is 4.22. The number of ether oxygens (including phenoxy) is 1. The molecule has 3 aromatic rings. The van der Waals surface area contributed by atoms with E-state index in [0.717, 1.165) is 30.5 Å². The van der Waals surface area contributed by atoms with Gasteiger partial charge in [0, 0.05) is 44.1 Å². The lowest BCUT2D eigenvalue weighted by Crippen LogP contribution is -2.50. The minimum atomic E-state index is -0.107. The van der Waals surface area contributed by atoms with Gasteiger partial charge in [0.25, 0.3) is 0 Å². The lowest BCUT2D eigenvalue weighted by molar-refractivity contribution is 0.208. The van der Waals surface area contributed by atoms with Gasteiger partial charge in [-0.1, -0.05) is 42.0 Å². The van der Waals surface area contributed by atoms with Crippen molar-refractivity contribution in [1.82, 2.24) is 14.3 Å². The van der Waals surface area contributed by atoms with Gasteiger partial charge in [-0.2, -0.15) is 4.37 Å². The molecule has 1 aliphatic heterocycles. The molecule has 0 saturated carbocycles. The zero-order valence-electron chi connectivity index (χ0n) is 17.9. The molecule has 0 unspecified atom stereocenters. The molecule has 31 heavy (non-hydrogen) atoms. The zero-order valence-corrected chi connectivity index (χ0v) is 18.7. The number of aryl methyl sites for hydroxylation is 1. The summed E-state index contributed by atoms with van der Waals surface area (Å²) in [6, 6.07) is 15.9. The van der Waals surface area contributed by atoms with Gasteiger partial charge in [-0.15, -0.1) is 0 Å². The number of rotatable bonds is 6. The molecule has 162 valence electrons. The van der Waals surface area contributed by atoms with Crippen molar-refractivity contribution in [2.24, 2.45) is 0 Å². The van der Waals surface area contributed by atoms with Gasteiger partial charge < -0.3 is 19.9 Å². The second-order valence-corrected chi connectivity index (χ2v) is 8.22. The summed E-state index contributed by atoms with van der Waals surface area (Å²) in [5.74, 6) is 1.53. The van der Waals surface area contributed by atoms with Crippen LogP contribution >= 0.6 is 11.5 Å². The molecule has 1 aromatic heterocycles. The number of urea groups is 1. The number of nitrogens with zero attached hydrogens (tertiary/aromatic N) is 4. The Morgan fingerprint density at radius 1 is 1.10 bits per heavy atom. The largest absolute Gasteiger partial charge is 0.492 e. The van der Waals surface area contributed by atoms with Gasteiger partial charge in [-0.25, -0.2) is 9.78 Å². The van der Waals surface area contributed by atoms with Gasteiger partial charge in [0.1, 0.15) is 11.6 Å². The molecule has 8 heteroatoms. The van der Waals surface area contributed by atoms with E-state index in [1.165, 1.54) is 22.7 Å². The van der Waals surface area contributed by atoms with Gasteiger partial charge in [0.05, 0.1) is 12.3 Å². The van der Waals surface area contributed by atoms with Crippen molar-refractivity contribution >= 4 is 28.4 Å². The minimum Gasteiger partial charge on any atom is -0.492 e. The molecule has 1 saturated heterocycles. The van der Waals surface area contributed by atoms with Crippen LogP contribution in [0.2, 0.25) is 0 Å². The molecule has 0 bridgehead atoms. The number of hydrogen-bond acceptors (Lipinski definition) is 6. The van der Waals surface area contributed by atoms with Crippen LogP contribution in [-0.4, -0.2) is 53.1 Å². The second kappa shape index (κ2) is 9.78. The number of hydrogen-bond donors (Lipinski definition) is 1. The van der Waals surface area contributed by atoms with E-state index < -0.39 is 0 Å². The summed E-state index contributed by atoms with van der Waals surface area (Å²) in [5.41, 5.74) is 3.16. The van der Waals surface area contributed by atoms with Crippen molar-refractivity contribution in [3.63, 3.8) is 0 Å². The molecule has 0 radical (unpaired) electrons. The predicted molar refractivity (Wildman–Crippen MR) is 124 cm³/mol. The number of carbonyl (C=O) groups is 1. The number of para-hydroxylation sites is 2. The van der Waals surface area contributed by atoms with Crippen LogP contribution in [0.15, 0.2) is 48.5 Å². The number of amides is 2. The Balaban J connectivity index is 1.31. The Morgan fingerprint density at radius 2 is 1.84 bits per heavy atom. The second-order valence-electron chi connectivity index (χ2n) is 7.49. The zero-order chi connectivity index (χ0) is 21.6. The Kier molecular flexibility index (Phi) is 6.66. The summed E-state index contributed by atoms with van der Waals surface area (Å²) in [6.07, 6.45) is 0.735. The van der Waals surface area contributed by atoms with Gasteiger partial charge in [0.15, 0.2) is 0 Å². The lowest BCUT2D eigenvalue weighted by atomic mass is 10.1. The highest BCUT2D eigenvalue weighted by atomic mass is 32.1. The van der Waals surface area contributed by atoms with Crippen LogP contribution in [0.1, 0.15) is 23.9 Å². The summed E-state index contributed by atoms with van der Waals surface area (Å²) in [6.45, 7) is 7.31. The number of carbonyl (C=O) groups excluding carboxylic acids is 1. The SMILES string of the molecule is CCOc1ccccc1NC(=O)N1CCN(c2nc(Cc3ccc(C)cc3)ns2)CC1. The topological polar surface area (TPSA) is 70.6 Å². The van der Waals surface area contributed by atoms with E-state index in [0.29, 0.717) is 31.1 Å². The average molecular weight is 438 g/mol. The van der Waals surface area contributed by atoms with Crippen LogP contribution in [0.5, 0.6) is 5.75 Å². The fraction of sp³-hybridized carbons (Fsp3) is 0.348. The molecule has 7 nitrogen and oxygen atoms in total. The van der Waals surface area contributed by atoms with Gasteiger partial charge in [0.2, 0.25) is 5.13 Å². The quantitative estimate of drug-likeness (QED) is 0.626. The molecule has 0 atom stereocenters. The van der Waals surface area contributed by atoms with E-state index in [4.69, 9.17) is 9.72 Å². The number of benzene rings is 2. The summed E-state index contributed by atoms with van der Waals surface area (Å²) in [5, 5.41) is 3.89. The molecule has 2 heterocycles. The number of aromatic nitrogens is 2. The van der Waals surface area contributed by atoms with Crippen molar-refractivity contribution < 1.29 is 9.53 Å². The number of nitrogens with one attached hydrogen (secondary N) is 1. The number of piperazine rings is 1. The van der Waals surface area contributed by atoms with Crippen molar-refractivity contribution in [2.45, 2.75) is 20.3 Å². The minimum absolute atomic E-state index is 0.107. The van der Waals surface area contributed by atoms with E-state index in [9.17, 15) is 4.79 Å². The molecule has 1 N–H and O–H groups in total. The fourth-order valence-electron chi connectivity index (χ4n) is 3.48. The first-order chi connectivity index (χ1) is 15.1. The van der Waals surface area contributed by atoms with Crippen LogP contribution in [0.4, 0.5) is 15.6 Å². The Labute approximate surface area is 186 Å². The van der Waals surface area contributed by atoms with Gasteiger partial charge in [-0.05, 0) is 31.5 Å². The highest BCUT2D eigenvalue weighted by molar-refractivity contribution is 7.09. The maximum absolute atomic E-state index is 12.7. The van der Waals surface area contributed by atoms with Crippen molar-refractivity contribution in [3.05, 3.63) is 65.5 Å². The molecule has 0 spiro atoms. The Morgan fingerprint density at radius 3 is 2.58 bits per heavy atom. The maximum Gasteiger partial charge on any atom is 0.322 e. The highest BCUT2D eigenvalue weighted by Gasteiger charge is 2.24. The summed E-state index contributed by atoms with van der Waals surface area (Å²) < 4.78 is 10.1. The van der Waals surface area contributed by atoms with Crippen LogP contribution < -0.4 is 15.0 Å². The van der Waals surface area contributed by atoms with E-state index in [2.05, 4.69) is 45.8 Å². The molecular formula is C23H27N5O2S. The van der Waals surface area contributed by atoms with Crippen LogP contribution in [0, 0.1) is 6.92 Å². The molecule has 2 aromatic carbocycles. The Hall–Kier alpha value is -3.13. The highest BCUT2D eigenvalue weighted by Crippen LogP contribution is 2.25. The molecule has 1 aliphatic rings. The van der Waals surface area contributed by atoms with Gasteiger partial charge in [-0.3, -0.25) is 0 Å². The van der Waals surface area contributed by atoms with E-state index in [-0.39, 0.29) is 6.03 Å². The van der Waals surface area contributed by atoms with Crippen LogP contribution in [-0.2, 0) is 6.42 Å². The smallest absolute Gasteiger partial charge is 0.322 e. The Bertz CT molecular complexity index is 1010. The third kappa shape index (κ3) is 5.32. The average Bonchev–Trinajstić information content (AvgIpc) is 3.25. The van der Waals surface area contributed by atoms with Crippen LogP contribution in [0.3, 0.4) is 0 Å². The number of anilines is 2. The van der Waals surface area contributed by atoms with E-state index in [1.54, 1.807) is 0 Å². The van der Waals surface area contributed by atoms with Crippen LogP contribution in [0.25, 0.3) is 0 Å². The van der Waals surface area contributed by atoms with E-state index >= 15 is 0 Å². The third-order valence-electron chi connectivity index (χ3n) is 5.21. The van der Waals surface area contributed by atoms with Crippen molar-refractivity contribution in [3.8, 4) is 5.75 Å². The maximum atomic E-state index is 12.7. The molecular weight excluding hydrogens is 410 g/mol. The lowest BCUT2D eigenvalue weighted by Gasteiger charge is -2.34. The van der Waals surface area contributed by atoms with Crippen molar-refractivity contribution in [2.75, 3.05) is 43.0 Å². The first-order valence-electron chi connectivity index (χ1n) is 10.5. The normalized spacial score (nSPS) is 13.9. The summed E-state index contributed by atoms with van der Waals surface area (Å²) in [7, 11) is 0. The first kappa shape index (κ1) is 21.1. The standard InChI is InChI=1S/C23H27N5O2S/c1-3-30-20-7-5-4-6-19(20)24-22(29)27-12-14-28(15-13-27)23-25-21(26-31-23)16-18-10-8-17(2)9-11-18/h4-11H,3,12-16H2,1-2H3,(H,24,29). The third-order valence-corrected chi connectivity index (χ3v) is 6.02. The molecule has 0 aliphatic carbocycles. The van der Waals surface area contributed by atoms with E-state index in [1.807, 2.05) is 36.1 Å². The monoisotopic (exact) mass is 437 g/mol. The first-order valence-corrected chi connectivity index (χ1v) is 11.3. The molecule has 2 amide bonds.